The SMILES string of the molecule is CS(=O)(=O)N1[C@H](CO)[C@H](c2ccc(C#CC3CCCC3)cc2)[C@@H]1C#N. The summed E-state index contributed by atoms with van der Waals surface area (Å²) in [6.07, 6.45) is 5.94. The van der Waals surface area contributed by atoms with Crippen LogP contribution in [0.5, 0.6) is 0 Å². The smallest absolute Gasteiger partial charge is 0.212 e. The molecule has 1 aliphatic carbocycles. The Balaban J connectivity index is 1.78. The topological polar surface area (TPSA) is 81.4 Å². The molecule has 25 heavy (non-hydrogen) atoms. The Kier molecular flexibility index (Phi) is 5.15. The van der Waals surface area contributed by atoms with Crippen LogP contribution in [-0.2, 0) is 10.0 Å². The summed E-state index contributed by atoms with van der Waals surface area (Å²) in [6.45, 7) is -0.306. The fraction of sp³-hybridized carbons (Fsp3) is 0.526. The molecule has 1 saturated heterocycles. The molecule has 1 saturated carbocycles. The van der Waals surface area contributed by atoms with E-state index in [4.69, 9.17) is 0 Å². The van der Waals surface area contributed by atoms with Gasteiger partial charge in [0.25, 0.3) is 0 Å². The van der Waals surface area contributed by atoms with Crippen molar-refractivity contribution in [2.75, 3.05) is 12.9 Å². The minimum Gasteiger partial charge on any atom is -0.395 e. The van der Waals surface area contributed by atoms with Crippen LogP contribution in [0, 0.1) is 29.1 Å². The maximum Gasteiger partial charge on any atom is 0.212 e. The van der Waals surface area contributed by atoms with E-state index in [0.717, 1.165) is 21.7 Å². The van der Waals surface area contributed by atoms with E-state index in [1.165, 1.54) is 25.7 Å². The van der Waals surface area contributed by atoms with E-state index >= 15 is 0 Å². The van der Waals surface area contributed by atoms with Crippen LogP contribution in [0.2, 0.25) is 0 Å². The van der Waals surface area contributed by atoms with Crippen molar-refractivity contribution >= 4 is 10.0 Å². The third kappa shape index (κ3) is 3.57. The highest BCUT2D eigenvalue weighted by molar-refractivity contribution is 7.88. The van der Waals surface area contributed by atoms with Crippen molar-refractivity contribution in [1.29, 1.82) is 5.26 Å². The zero-order chi connectivity index (χ0) is 18.0. The van der Waals surface area contributed by atoms with E-state index in [0.29, 0.717) is 5.92 Å². The van der Waals surface area contributed by atoms with Crippen LogP contribution < -0.4 is 0 Å². The summed E-state index contributed by atoms with van der Waals surface area (Å²) in [4.78, 5) is 0. The van der Waals surface area contributed by atoms with Crippen LogP contribution in [0.4, 0.5) is 0 Å². The Morgan fingerprint density at radius 1 is 1.24 bits per heavy atom. The number of benzene rings is 1. The molecule has 1 N–H and O–H groups in total. The zero-order valence-corrected chi connectivity index (χ0v) is 15.0. The molecule has 3 rings (SSSR count). The van der Waals surface area contributed by atoms with Gasteiger partial charge in [-0.1, -0.05) is 36.8 Å². The third-order valence-corrected chi connectivity index (χ3v) is 6.39. The van der Waals surface area contributed by atoms with Crippen molar-refractivity contribution < 1.29 is 13.5 Å². The monoisotopic (exact) mass is 358 g/mol. The summed E-state index contributed by atoms with van der Waals surface area (Å²) in [5.74, 6) is 6.69. The molecule has 5 nitrogen and oxygen atoms in total. The van der Waals surface area contributed by atoms with E-state index in [9.17, 15) is 18.8 Å². The molecule has 6 heteroatoms. The number of nitriles is 1. The molecule has 2 aliphatic rings. The van der Waals surface area contributed by atoms with Gasteiger partial charge >= 0.3 is 0 Å². The molecule has 2 fully saturated rings. The van der Waals surface area contributed by atoms with Gasteiger partial charge < -0.3 is 5.11 Å². The fourth-order valence-electron chi connectivity index (χ4n) is 3.86. The molecule has 0 amide bonds. The summed E-state index contributed by atoms with van der Waals surface area (Å²) in [5.41, 5.74) is 1.78. The molecule has 132 valence electrons. The number of hydrogen-bond donors (Lipinski definition) is 1. The van der Waals surface area contributed by atoms with Crippen LogP contribution in [0.25, 0.3) is 0 Å². The van der Waals surface area contributed by atoms with Gasteiger partial charge in [-0.25, -0.2) is 8.42 Å². The highest BCUT2D eigenvalue weighted by Gasteiger charge is 2.53. The second-order valence-electron chi connectivity index (χ2n) is 6.82. The normalized spacial score (nSPS) is 27.2. The summed E-state index contributed by atoms with van der Waals surface area (Å²) in [7, 11) is -3.53. The predicted octanol–water partition coefficient (Wildman–Crippen LogP) is 1.84. The lowest BCUT2D eigenvalue weighted by Gasteiger charge is -2.49. The second-order valence-corrected chi connectivity index (χ2v) is 8.70. The maximum absolute atomic E-state index is 11.8. The summed E-state index contributed by atoms with van der Waals surface area (Å²) < 4.78 is 24.8. The van der Waals surface area contributed by atoms with Gasteiger partial charge in [-0.05, 0) is 30.5 Å². The number of hydrogen-bond acceptors (Lipinski definition) is 4. The summed E-state index contributed by atoms with van der Waals surface area (Å²) >= 11 is 0. The van der Waals surface area contributed by atoms with Crippen molar-refractivity contribution in [3.63, 3.8) is 0 Å². The first-order valence-electron chi connectivity index (χ1n) is 8.56. The van der Waals surface area contributed by atoms with E-state index in [-0.39, 0.29) is 12.5 Å². The predicted molar refractivity (Wildman–Crippen MR) is 95.0 cm³/mol. The fourth-order valence-corrected chi connectivity index (χ4v) is 5.14. The summed E-state index contributed by atoms with van der Waals surface area (Å²) in [5, 5.41) is 19.0. The quantitative estimate of drug-likeness (QED) is 0.836. The molecule has 1 aliphatic heterocycles. The van der Waals surface area contributed by atoms with E-state index in [1.54, 1.807) is 0 Å². The zero-order valence-electron chi connectivity index (χ0n) is 14.2. The summed E-state index contributed by atoms with van der Waals surface area (Å²) in [6, 6.07) is 8.27. The molecule has 0 unspecified atom stereocenters. The third-order valence-electron chi connectivity index (χ3n) is 5.13. The lowest BCUT2D eigenvalue weighted by atomic mass is 9.78. The molecule has 1 heterocycles. The van der Waals surface area contributed by atoms with Gasteiger partial charge in [-0.3, -0.25) is 0 Å². The van der Waals surface area contributed by atoms with Gasteiger partial charge in [0.2, 0.25) is 10.0 Å². The lowest BCUT2D eigenvalue weighted by molar-refractivity contribution is 0.0564. The van der Waals surface area contributed by atoms with Gasteiger partial charge in [0.15, 0.2) is 0 Å². The van der Waals surface area contributed by atoms with E-state index in [1.807, 2.05) is 24.3 Å². The number of rotatable bonds is 3. The minimum atomic E-state index is -3.53. The first kappa shape index (κ1) is 17.9. The number of nitrogens with zero attached hydrogens (tertiary/aromatic N) is 2. The molecule has 1 aromatic rings. The molecule has 3 atom stereocenters. The van der Waals surface area contributed by atoms with Crippen LogP contribution in [0.1, 0.15) is 42.7 Å². The first-order chi connectivity index (χ1) is 12.0. The van der Waals surface area contributed by atoms with Crippen molar-refractivity contribution in [2.45, 2.75) is 43.7 Å². The second kappa shape index (κ2) is 7.17. The minimum absolute atomic E-state index is 0.306. The molecule has 0 spiro atoms. The molecule has 0 radical (unpaired) electrons. The van der Waals surface area contributed by atoms with Crippen molar-refractivity contribution in [3.05, 3.63) is 35.4 Å². The highest BCUT2D eigenvalue weighted by atomic mass is 32.2. The molecular weight excluding hydrogens is 336 g/mol. The van der Waals surface area contributed by atoms with Gasteiger partial charge in [0.05, 0.1) is 25.0 Å². The van der Waals surface area contributed by atoms with E-state index in [2.05, 4.69) is 17.9 Å². The average molecular weight is 358 g/mol. The Hall–Kier alpha value is -1.86. The van der Waals surface area contributed by atoms with Crippen LogP contribution >= 0.6 is 0 Å². The van der Waals surface area contributed by atoms with Crippen molar-refractivity contribution in [1.82, 2.24) is 4.31 Å². The van der Waals surface area contributed by atoms with Gasteiger partial charge in [0, 0.05) is 17.4 Å². The van der Waals surface area contributed by atoms with Crippen LogP contribution in [-0.4, -0.2) is 42.8 Å². The van der Waals surface area contributed by atoms with E-state index < -0.39 is 22.1 Å². The highest BCUT2D eigenvalue weighted by Crippen LogP contribution is 2.41. The first-order valence-corrected chi connectivity index (χ1v) is 10.4. The molecule has 1 aromatic carbocycles. The van der Waals surface area contributed by atoms with Gasteiger partial charge in [-0.2, -0.15) is 9.57 Å². The number of sulfonamides is 1. The molecular formula is C19H22N2O3S. The van der Waals surface area contributed by atoms with Crippen molar-refractivity contribution in [2.24, 2.45) is 5.92 Å². The van der Waals surface area contributed by atoms with Crippen LogP contribution in [0.15, 0.2) is 24.3 Å². The Morgan fingerprint density at radius 3 is 2.40 bits per heavy atom. The number of aliphatic hydroxyl groups excluding tert-OH is 1. The average Bonchev–Trinajstić information content (AvgIpc) is 3.06. The number of aliphatic hydroxyl groups is 1. The Morgan fingerprint density at radius 2 is 1.88 bits per heavy atom. The van der Waals surface area contributed by atoms with Gasteiger partial charge in [-0.15, -0.1) is 0 Å². The maximum atomic E-state index is 11.8. The standard InChI is InChI=1S/C19H22N2O3S/c1-25(23,24)21-17(12-20)19(18(21)13-22)16-10-8-15(9-11-16)7-6-14-4-2-3-5-14/h8-11,14,17-19,22H,2-5,13H2,1H3/t17-,18+,19+/m0/s1. The lowest BCUT2D eigenvalue weighted by Crippen LogP contribution is -2.64. The molecule has 0 bridgehead atoms. The van der Waals surface area contributed by atoms with Crippen molar-refractivity contribution in [3.8, 4) is 17.9 Å². The van der Waals surface area contributed by atoms with Gasteiger partial charge in [0.1, 0.15) is 6.04 Å². The Bertz CT molecular complexity index is 824. The molecule has 0 aromatic heterocycles. The Labute approximate surface area is 149 Å². The van der Waals surface area contributed by atoms with Crippen LogP contribution in [0.3, 0.4) is 0 Å². The largest absolute Gasteiger partial charge is 0.395 e.